The Labute approximate surface area is 114 Å². The SMILES string of the molecule is CC(C)(C)OC(=O)N1C2C=C(O[SH](=O)=O)CC1CC2. The van der Waals surface area contributed by atoms with Crippen LogP contribution in [-0.4, -0.2) is 37.1 Å². The number of thiol groups is 1. The molecule has 1 saturated heterocycles. The minimum atomic E-state index is -2.89. The second kappa shape index (κ2) is 5.03. The molecule has 1 fully saturated rings. The molecule has 2 rings (SSSR count). The Morgan fingerprint density at radius 3 is 2.58 bits per heavy atom. The number of fused-ring (bicyclic) bond motifs is 2. The van der Waals surface area contributed by atoms with Gasteiger partial charge in [0.25, 0.3) is 11.0 Å². The molecule has 2 aliphatic rings. The van der Waals surface area contributed by atoms with E-state index in [4.69, 9.17) is 8.92 Å². The second-order valence-corrected chi connectivity index (χ2v) is 6.47. The number of ether oxygens (including phenoxy) is 1. The van der Waals surface area contributed by atoms with E-state index in [0.717, 1.165) is 12.8 Å². The Balaban J connectivity index is 2.10. The number of rotatable bonds is 2. The van der Waals surface area contributed by atoms with Gasteiger partial charge in [-0.25, -0.2) is 4.79 Å². The van der Waals surface area contributed by atoms with E-state index in [1.807, 2.05) is 20.8 Å². The van der Waals surface area contributed by atoms with Crippen molar-refractivity contribution in [3.8, 4) is 0 Å². The van der Waals surface area contributed by atoms with Crippen LogP contribution in [0.25, 0.3) is 0 Å². The van der Waals surface area contributed by atoms with Crippen molar-refractivity contribution in [1.82, 2.24) is 4.90 Å². The Bertz CT molecular complexity index is 469. The van der Waals surface area contributed by atoms with E-state index in [0.29, 0.717) is 12.2 Å². The molecule has 0 aromatic rings. The molecule has 2 unspecified atom stereocenters. The van der Waals surface area contributed by atoms with Crippen LogP contribution in [0.3, 0.4) is 0 Å². The number of hydrogen-bond donors (Lipinski definition) is 1. The van der Waals surface area contributed by atoms with E-state index in [1.165, 1.54) is 0 Å². The zero-order chi connectivity index (χ0) is 14.2. The highest BCUT2D eigenvalue weighted by Crippen LogP contribution is 2.36. The molecule has 0 saturated carbocycles. The highest BCUT2D eigenvalue weighted by Gasteiger charge is 2.42. The molecule has 0 radical (unpaired) electrons. The monoisotopic (exact) mass is 289 g/mol. The summed E-state index contributed by atoms with van der Waals surface area (Å²) in [6.45, 7) is 5.47. The van der Waals surface area contributed by atoms with Crippen molar-refractivity contribution >= 4 is 17.1 Å². The van der Waals surface area contributed by atoms with E-state index >= 15 is 0 Å². The number of hydrogen-bond acceptors (Lipinski definition) is 5. The van der Waals surface area contributed by atoms with E-state index < -0.39 is 16.6 Å². The van der Waals surface area contributed by atoms with Gasteiger partial charge >= 0.3 is 6.09 Å². The van der Waals surface area contributed by atoms with E-state index in [-0.39, 0.29) is 18.2 Å². The van der Waals surface area contributed by atoms with Crippen LogP contribution >= 0.6 is 0 Å². The fraction of sp³-hybridized carbons (Fsp3) is 0.750. The van der Waals surface area contributed by atoms with Crippen LogP contribution in [-0.2, 0) is 19.9 Å². The third-order valence-corrected chi connectivity index (χ3v) is 3.54. The highest BCUT2D eigenvalue weighted by molar-refractivity contribution is 7.67. The third kappa shape index (κ3) is 3.40. The molecular weight excluding hydrogens is 270 g/mol. The Kier molecular flexibility index (Phi) is 3.75. The molecular formula is C12H19NO5S. The van der Waals surface area contributed by atoms with Crippen molar-refractivity contribution in [3.63, 3.8) is 0 Å². The summed E-state index contributed by atoms with van der Waals surface area (Å²) in [6, 6.07) is -0.159. The van der Waals surface area contributed by atoms with Crippen molar-refractivity contribution in [2.24, 2.45) is 0 Å². The average Bonchev–Trinajstić information content (AvgIpc) is 2.47. The van der Waals surface area contributed by atoms with Gasteiger partial charge in [-0.3, -0.25) is 4.90 Å². The van der Waals surface area contributed by atoms with Crippen LogP contribution in [0, 0.1) is 0 Å². The highest BCUT2D eigenvalue weighted by atomic mass is 32.2. The molecule has 2 aliphatic heterocycles. The molecule has 108 valence electrons. The minimum Gasteiger partial charge on any atom is -0.444 e. The first kappa shape index (κ1) is 14.2. The van der Waals surface area contributed by atoms with Crippen molar-refractivity contribution in [2.75, 3.05) is 0 Å². The van der Waals surface area contributed by atoms with Gasteiger partial charge in [-0.15, -0.1) is 0 Å². The Morgan fingerprint density at radius 2 is 2.05 bits per heavy atom. The third-order valence-electron chi connectivity index (χ3n) is 3.16. The molecule has 7 heteroatoms. The summed E-state index contributed by atoms with van der Waals surface area (Å²) < 4.78 is 31.3. The van der Waals surface area contributed by atoms with E-state index in [2.05, 4.69) is 0 Å². The normalized spacial score (nSPS) is 26.3. The number of carbonyl (C=O) groups excluding carboxylic acids is 1. The Morgan fingerprint density at radius 1 is 1.37 bits per heavy atom. The summed E-state index contributed by atoms with van der Waals surface area (Å²) in [6.07, 6.45) is 3.44. The van der Waals surface area contributed by atoms with Gasteiger partial charge in [-0.2, -0.15) is 8.42 Å². The molecule has 2 heterocycles. The summed E-state index contributed by atoms with van der Waals surface area (Å²) >= 11 is 0. The van der Waals surface area contributed by atoms with Gasteiger partial charge < -0.3 is 8.92 Å². The van der Waals surface area contributed by atoms with Crippen molar-refractivity contribution in [1.29, 1.82) is 0 Å². The lowest BCUT2D eigenvalue weighted by Gasteiger charge is -2.34. The number of carbonyl (C=O) groups is 1. The number of amides is 1. The molecule has 0 aliphatic carbocycles. The predicted octanol–water partition coefficient (Wildman–Crippen LogP) is 1.59. The fourth-order valence-corrected chi connectivity index (χ4v) is 2.88. The fourth-order valence-electron chi connectivity index (χ4n) is 2.55. The van der Waals surface area contributed by atoms with Crippen LogP contribution in [0.15, 0.2) is 11.8 Å². The second-order valence-electron chi connectivity index (χ2n) is 5.84. The number of nitrogens with zero attached hydrogens (tertiary/aromatic N) is 1. The summed E-state index contributed by atoms with van der Waals surface area (Å²) in [5.74, 6) is 0.434. The lowest BCUT2D eigenvalue weighted by molar-refractivity contribution is 0.0156. The van der Waals surface area contributed by atoms with Crippen LogP contribution in [0.1, 0.15) is 40.0 Å². The molecule has 0 spiro atoms. The Hall–Kier alpha value is -1.24. The average molecular weight is 289 g/mol. The van der Waals surface area contributed by atoms with Crippen LogP contribution in [0.5, 0.6) is 0 Å². The molecule has 2 atom stereocenters. The summed E-state index contributed by atoms with van der Waals surface area (Å²) in [5.41, 5.74) is -0.532. The zero-order valence-electron chi connectivity index (χ0n) is 11.3. The molecule has 1 amide bonds. The lowest BCUT2D eigenvalue weighted by atomic mass is 10.1. The topological polar surface area (TPSA) is 72.9 Å². The van der Waals surface area contributed by atoms with Gasteiger partial charge in [0, 0.05) is 12.5 Å². The maximum absolute atomic E-state index is 12.1. The van der Waals surface area contributed by atoms with Crippen LogP contribution < -0.4 is 0 Å². The first-order chi connectivity index (χ1) is 8.76. The van der Waals surface area contributed by atoms with Crippen molar-refractivity contribution < 1.29 is 22.1 Å². The molecule has 6 nitrogen and oxygen atoms in total. The zero-order valence-corrected chi connectivity index (χ0v) is 12.2. The minimum absolute atomic E-state index is 0.0326. The van der Waals surface area contributed by atoms with Gasteiger partial charge in [0.05, 0.1) is 6.04 Å². The molecule has 0 aromatic carbocycles. The van der Waals surface area contributed by atoms with Crippen LogP contribution in [0.2, 0.25) is 0 Å². The van der Waals surface area contributed by atoms with Crippen LogP contribution in [0.4, 0.5) is 4.79 Å². The van der Waals surface area contributed by atoms with E-state index in [1.54, 1.807) is 11.0 Å². The van der Waals surface area contributed by atoms with Gasteiger partial charge in [0.15, 0.2) is 0 Å². The van der Waals surface area contributed by atoms with Gasteiger partial charge in [-0.05, 0) is 39.7 Å². The first-order valence-corrected chi connectivity index (χ1v) is 7.40. The smallest absolute Gasteiger partial charge is 0.411 e. The van der Waals surface area contributed by atoms with Crippen molar-refractivity contribution in [2.45, 2.75) is 57.7 Å². The molecule has 19 heavy (non-hydrogen) atoms. The van der Waals surface area contributed by atoms with Crippen molar-refractivity contribution in [3.05, 3.63) is 11.8 Å². The lowest BCUT2D eigenvalue weighted by Crippen LogP contribution is -2.45. The largest absolute Gasteiger partial charge is 0.444 e. The maximum Gasteiger partial charge on any atom is 0.411 e. The standard InChI is InChI=1S/C12H19NO5S/c1-12(2,3)17-11(14)13-8-4-5-9(13)7-10(6-8)18-19(15)16/h6,8-9,19H,4-5,7H2,1-3H3. The summed E-state index contributed by atoms with van der Waals surface area (Å²) in [4.78, 5) is 13.8. The van der Waals surface area contributed by atoms with Gasteiger partial charge in [0.1, 0.15) is 11.4 Å². The first-order valence-electron chi connectivity index (χ1n) is 6.30. The summed E-state index contributed by atoms with van der Waals surface area (Å²) in [5, 5.41) is 0. The maximum atomic E-state index is 12.1. The molecule has 0 aromatic heterocycles. The molecule has 0 N–H and O–H groups in total. The van der Waals surface area contributed by atoms with Gasteiger partial charge in [0.2, 0.25) is 0 Å². The van der Waals surface area contributed by atoms with E-state index in [9.17, 15) is 13.2 Å². The summed E-state index contributed by atoms with van der Waals surface area (Å²) in [7, 11) is -2.89. The molecule has 2 bridgehead atoms. The van der Waals surface area contributed by atoms with Gasteiger partial charge in [-0.1, -0.05) is 0 Å². The quantitative estimate of drug-likeness (QED) is 0.781. The predicted molar refractivity (Wildman–Crippen MR) is 69.0 cm³/mol.